The number of esters is 1. The first kappa shape index (κ1) is 16.4. The normalized spacial score (nSPS) is 18.8. The van der Waals surface area contributed by atoms with Gasteiger partial charge in [-0.05, 0) is 31.5 Å². The largest absolute Gasteiger partial charge is 0.468 e. The Morgan fingerprint density at radius 2 is 1.95 bits per heavy atom. The number of methoxy groups -OCH3 is 1. The minimum atomic E-state index is -0.759. The molecule has 1 aromatic carbocycles. The lowest BCUT2D eigenvalue weighted by atomic mass is 10.0. The zero-order valence-corrected chi connectivity index (χ0v) is 12.3. The lowest BCUT2D eigenvalue weighted by Gasteiger charge is -2.33. The van der Waals surface area contributed by atoms with Crippen LogP contribution in [0.25, 0.3) is 0 Å². The van der Waals surface area contributed by atoms with Crippen molar-refractivity contribution < 1.29 is 23.1 Å². The number of nitrogens with one attached hydrogen (secondary N) is 1. The van der Waals surface area contributed by atoms with Gasteiger partial charge in [0, 0.05) is 11.8 Å². The van der Waals surface area contributed by atoms with Crippen LogP contribution in [0.15, 0.2) is 18.2 Å². The fourth-order valence-corrected chi connectivity index (χ4v) is 2.56. The summed E-state index contributed by atoms with van der Waals surface area (Å²) < 4.78 is 30.9. The van der Waals surface area contributed by atoms with E-state index in [1.54, 1.807) is 4.90 Å². The van der Waals surface area contributed by atoms with Crippen LogP contribution < -0.4 is 5.32 Å². The summed E-state index contributed by atoms with van der Waals surface area (Å²) in [6.07, 6.45) is 2.32. The molecule has 0 radical (unpaired) electrons. The van der Waals surface area contributed by atoms with Crippen LogP contribution in [0, 0.1) is 11.6 Å². The first-order chi connectivity index (χ1) is 10.5. The number of nitrogens with zero attached hydrogens (tertiary/aromatic N) is 1. The van der Waals surface area contributed by atoms with E-state index in [0.29, 0.717) is 13.0 Å². The van der Waals surface area contributed by atoms with Crippen LogP contribution in [0.3, 0.4) is 0 Å². The Bertz CT molecular complexity index is 545. The minimum Gasteiger partial charge on any atom is -0.468 e. The van der Waals surface area contributed by atoms with Gasteiger partial charge in [-0.2, -0.15) is 0 Å². The molecule has 1 aromatic rings. The molecule has 7 heteroatoms. The number of rotatable bonds is 4. The molecule has 120 valence electrons. The molecule has 1 atom stereocenters. The summed E-state index contributed by atoms with van der Waals surface area (Å²) in [7, 11) is 1.29. The zero-order valence-electron chi connectivity index (χ0n) is 12.3. The Labute approximate surface area is 127 Å². The summed E-state index contributed by atoms with van der Waals surface area (Å²) in [5, 5.41) is 2.50. The average molecular weight is 312 g/mol. The first-order valence-electron chi connectivity index (χ1n) is 7.07. The third kappa shape index (κ3) is 4.24. The number of anilines is 1. The number of benzene rings is 1. The van der Waals surface area contributed by atoms with E-state index < -0.39 is 23.6 Å². The summed E-state index contributed by atoms with van der Waals surface area (Å²) in [5.74, 6) is -2.32. The predicted octanol–water partition coefficient (Wildman–Crippen LogP) is 1.93. The second-order valence-corrected chi connectivity index (χ2v) is 5.21. The van der Waals surface area contributed by atoms with E-state index in [2.05, 4.69) is 10.1 Å². The fraction of sp³-hybridized carbons (Fsp3) is 0.467. The van der Waals surface area contributed by atoms with E-state index in [1.165, 1.54) is 7.11 Å². The number of halogens is 2. The second-order valence-electron chi connectivity index (χ2n) is 5.21. The maximum absolute atomic E-state index is 13.2. The molecule has 0 spiro atoms. The van der Waals surface area contributed by atoms with Crippen LogP contribution in [0.5, 0.6) is 0 Å². The number of amides is 1. The van der Waals surface area contributed by atoms with Crippen LogP contribution in [-0.4, -0.2) is 43.0 Å². The molecule has 22 heavy (non-hydrogen) atoms. The third-order valence-electron chi connectivity index (χ3n) is 3.61. The molecule has 1 amide bonds. The standard InChI is InChI=1S/C15H18F2N2O3/c1-22-14(20)9-19-5-3-2-4-13(19)15(21)18-12-7-10(16)6-11(17)8-12/h6-8,13H,2-5,9H2,1H3,(H,18,21). The van der Waals surface area contributed by atoms with Crippen LogP contribution in [0.2, 0.25) is 0 Å². The molecule has 1 unspecified atom stereocenters. The Morgan fingerprint density at radius 3 is 2.59 bits per heavy atom. The van der Waals surface area contributed by atoms with Crippen LogP contribution in [0.1, 0.15) is 19.3 Å². The summed E-state index contributed by atoms with van der Waals surface area (Å²) in [4.78, 5) is 25.4. The molecule has 5 nitrogen and oxygen atoms in total. The Hall–Kier alpha value is -2.02. The Balaban J connectivity index is 2.06. The molecule has 1 aliphatic rings. The van der Waals surface area contributed by atoms with Crippen LogP contribution in [-0.2, 0) is 14.3 Å². The van der Waals surface area contributed by atoms with Crippen molar-refractivity contribution in [2.75, 3.05) is 25.5 Å². The molecule has 1 aliphatic heterocycles. The van der Waals surface area contributed by atoms with Gasteiger partial charge < -0.3 is 10.1 Å². The summed E-state index contributed by atoms with van der Waals surface area (Å²) >= 11 is 0. The van der Waals surface area contributed by atoms with Gasteiger partial charge in [-0.3, -0.25) is 14.5 Å². The number of hydrogen-bond acceptors (Lipinski definition) is 4. The quantitative estimate of drug-likeness (QED) is 0.863. The van der Waals surface area contributed by atoms with Crippen molar-refractivity contribution in [3.8, 4) is 0 Å². The van der Waals surface area contributed by atoms with Crippen molar-refractivity contribution in [1.82, 2.24) is 4.90 Å². The summed E-state index contributed by atoms with van der Waals surface area (Å²) in [6, 6.07) is 2.32. The van der Waals surface area contributed by atoms with Crippen molar-refractivity contribution in [2.24, 2.45) is 0 Å². The highest BCUT2D eigenvalue weighted by molar-refractivity contribution is 5.95. The molecule has 0 aliphatic carbocycles. The molecule has 1 fully saturated rings. The summed E-state index contributed by atoms with van der Waals surface area (Å²) in [6.45, 7) is 0.622. The van der Waals surface area contributed by atoms with E-state index >= 15 is 0 Å². The molecule has 2 rings (SSSR count). The van der Waals surface area contributed by atoms with Gasteiger partial charge in [0.05, 0.1) is 19.7 Å². The van der Waals surface area contributed by atoms with Crippen molar-refractivity contribution in [3.63, 3.8) is 0 Å². The topological polar surface area (TPSA) is 58.6 Å². The lowest BCUT2D eigenvalue weighted by molar-refractivity contribution is -0.143. The van der Waals surface area contributed by atoms with Gasteiger partial charge in [0.25, 0.3) is 0 Å². The molecular formula is C15H18F2N2O3. The second kappa shape index (κ2) is 7.31. The fourth-order valence-electron chi connectivity index (χ4n) is 2.56. The summed E-state index contributed by atoms with van der Waals surface area (Å²) in [5.41, 5.74) is 0.0612. The van der Waals surface area contributed by atoms with E-state index in [0.717, 1.165) is 31.0 Å². The van der Waals surface area contributed by atoms with Gasteiger partial charge in [-0.25, -0.2) is 8.78 Å². The first-order valence-corrected chi connectivity index (χ1v) is 7.07. The van der Waals surface area contributed by atoms with Gasteiger partial charge in [-0.1, -0.05) is 6.42 Å². The van der Waals surface area contributed by atoms with Crippen molar-refractivity contribution in [1.29, 1.82) is 0 Å². The highest BCUT2D eigenvalue weighted by Crippen LogP contribution is 2.20. The highest BCUT2D eigenvalue weighted by atomic mass is 19.1. The van der Waals surface area contributed by atoms with Gasteiger partial charge in [0.2, 0.25) is 5.91 Å². The lowest BCUT2D eigenvalue weighted by Crippen LogP contribution is -2.49. The van der Waals surface area contributed by atoms with E-state index in [4.69, 9.17) is 0 Å². The molecule has 0 aromatic heterocycles. The number of carbonyl (C=O) groups is 2. The monoisotopic (exact) mass is 312 g/mol. The molecule has 0 bridgehead atoms. The van der Waals surface area contributed by atoms with Gasteiger partial charge in [0.1, 0.15) is 11.6 Å². The van der Waals surface area contributed by atoms with Crippen molar-refractivity contribution >= 4 is 17.6 Å². The Kier molecular flexibility index (Phi) is 5.43. The molecule has 0 saturated carbocycles. The van der Waals surface area contributed by atoms with E-state index in [1.807, 2.05) is 0 Å². The van der Waals surface area contributed by atoms with Crippen LogP contribution in [0.4, 0.5) is 14.5 Å². The number of hydrogen-bond donors (Lipinski definition) is 1. The maximum Gasteiger partial charge on any atom is 0.319 e. The zero-order chi connectivity index (χ0) is 16.1. The SMILES string of the molecule is COC(=O)CN1CCCCC1C(=O)Nc1cc(F)cc(F)c1. The van der Waals surface area contributed by atoms with Gasteiger partial charge in [0.15, 0.2) is 0 Å². The molecule has 1 heterocycles. The van der Waals surface area contributed by atoms with Gasteiger partial charge in [-0.15, -0.1) is 0 Å². The number of piperidine rings is 1. The molecule has 1 saturated heterocycles. The van der Waals surface area contributed by atoms with Crippen LogP contribution >= 0.6 is 0 Å². The van der Waals surface area contributed by atoms with Gasteiger partial charge >= 0.3 is 5.97 Å². The minimum absolute atomic E-state index is 0.0199. The molecular weight excluding hydrogens is 294 g/mol. The maximum atomic E-state index is 13.2. The third-order valence-corrected chi connectivity index (χ3v) is 3.61. The average Bonchev–Trinajstić information content (AvgIpc) is 2.46. The van der Waals surface area contributed by atoms with Crippen molar-refractivity contribution in [3.05, 3.63) is 29.8 Å². The number of ether oxygens (including phenoxy) is 1. The van der Waals surface area contributed by atoms with E-state index in [-0.39, 0.29) is 18.1 Å². The smallest absolute Gasteiger partial charge is 0.319 e. The Morgan fingerprint density at radius 1 is 1.27 bits per heavy atom. The van der Waals surface area contributed by atoms with Crippen molar-refractivity contribution in [2.45, 2.75) is 25.3 Å². The number of likely N-dealkylation sites (tertiary alicyclic amines) is 1. The predicted molar refractivity (Wildman–Crippen MR) is 76.2 cm³/mol. The highest BCUT2D eigenvalue weighted by Gasteiger charge is 2.30. The van der Waals surface area contributed by atoms with E-state index in [9.17, 15) is 18.4 Å². The number of carbonyl (C=O) groups excluding carboxylic acids is 2. The molecule has 1 N–H and O–H groups in total.